The van der Waals surface area contributed by atoms with Crippen LogP contribution in [0, 0.1) is 0 Å². The molecule has 0 saturated heterocycles. The molecule has 1 aromatic heterocycles. The van der Waals surface area contributed by atoms with Gasteiger partial charge in [-0.2, -0.15) is 0 Å². The molecule has 0 aliphatic rings. The van der Waals surface area contributed by atoms with Crippen LogP contribution in [0.2, 0.25) is 0 Å². The molecule has 0 fully saturated rings. The molecule has 17 heavy (non-hydrogen) atoms. The first-order chi connectivity index (χ1) is 8.27. The van der Waals surface area contributed by atoms with E-state index in [9.17, 15) is 0 Å². The topological polar surface area (TPSA) is 66.5 Å². The Morgan fingerprint density at radius 1 is 1.47 bits per heavy atom. The lowest BCUT2D eigenvalue weighted by molar-refractivity contribution is 0.485. The Bertz CT molecular complexity index is 336. The summed E-state index contributed by atoms with van der Waals surface area (Å²) >= 11 is 0. The molecule has 0 bridgehead atoms. The normalized spacial score (nSPS) is 11.4. The first-order valence-corrected chi connectivity index (χ1v) is 5.89. The second-order valence-electron chi connectivity index (χ2n) is 3.88. The zero-order valence-corrected chi connectivity index (χ0v) is 10.6. The first kappa shape index (κ1) is 13.4. The molecule has 0 amide bonds. The van der Waals surface area contributed by atoms with Crippen LogP contribution >= 0.6 is 0 Å². The number of guanidine groups is 1. The van der Waals surface area contributed by atoms with Gasteiger partial charge in [0, 0.05) is 32.5 Å². The number of rotatable bonds is 5. The predicted molar refractivity (Wildman–Crippen MR) is 70.5 cm³/mol. The quantitative estimate of drug-likeness (QED) is 0.343. The third-order valence-electron chi connectivity index (χ3n) is 2.46. The molecule has 0 unspecified atom stereocenters. The standard InChI is InChI=1S/C12H21N5/c1-3-7-15-12(16-13)17(2)10-6-11-4-8-14-9-5-11/h4-5,8-9H,3,6-7,10,13H2,1-2H3,(H,15,16). The number of aromatic nitrogens is 1. The lowest BCUT2D eigenvalue weighted by Crippen LogP contribution is -2.43. The SMILES string of the molecule is CCCN=C(NN)N(C)CCc1ccncc1. The van der Waals surface area contributed by atoms with E-state index in [1.807, 2.05) is 36.5 Å². The zero-order chi connectivity index (χ0) is 12.5. The summed E-state index contributed by atoms with van der Waals surface area (Å²) in [4.78, 5) is 10.4. The summed E-state index contributed by atoms with van der Waals surface area (Å²) in [6, 6.07) is 4.04. The number of hydrogen-bond donors (Lipinski definition) is 2. The van der Waals surface area contributed by atoms with Crippen molar-refractivity contribution in [2.75, 3.05) is 20.1 Å². The average molecular weight is 235 g/mol. The fraction of sp³-hybridized carbons (Fsp3) is 0.500. The summed E-state index contributed by atoms with van der Waals surface area (Å²) in [6.45, 7) is 3.75. The van der Waals surface area contributed by atoms with Crippen LogP contribution in [0.25, 0.3) is 0 Å². The minimum Gasteiger partial charge on any atom is -0.345 e. The van der Waals surface area contributed by atoms with E-state index < -0.39 is 0 Å². The van der Waals surface area contributed by atoms with Crippen molar-refractivity contribution >= 4 is 5.96 Å². The maximum absolute atomic E-state index is 5.45. The van der Waals surface area contributed by atoms with Crippen molar-refractivity contribution in [2.45, 2.75) is 19.8 Å². The van der Waals surface area contributed by atoms with E-state index in [4.69, 9.17) is 5.84 Å². The van der Waals surface area contributed by atoms with Crippen LogP contribution < -0.4 is 11.3 Å². The number of nitrogens with one attached hydrogen (secondary N) is 1. The zero-order valence-electron chi connectivity index (χ0n) is 10.6. The second-order valence-corrected chi connectivity index (χ2v) is 3.88. The Labute approximate surface area is 103 Å². The van der Waals surface area contributed by atoms with Gasteiger partial charge in [-0.1, -0.05) is 6.92 Å². The summed E-state index contributed by atoms with van der Waals surface area (Å²) in [5.41, 5.74) is 3.90. The van der Waals surface area contributed by atoms with Gasteiger partial charge in [-0.25, -0.2) is 5.84 Å². The van der Waals surface area contributed by atoms with E-state index in [0.717, 1.165) is 31.9 Å². The van der Waals surface area contributed by atoms with Crippen molar-refractivity contribution in [3.63, 3.8) is 0 Å². The highest BCUT2D eigenvalue weighted by Crippen LogP contribution is 1.99. The van der Waals surface area contributed by atoms with Crippen LogP contribution in [-0.2, 0) is 6.42 Å². The summed E-state index contributed by atoms with van der Waals surface area (Å²) in [6.07, 6.45) is 5.58. The lowest BCUT2D eigenvalue weighted by Gasteiger charge is -2.20. The first-order valence-electron chi connectivity index (χ1n) is 5.89. The fourth-order valence-corrected chi connectivity index (χ4v) is 1.45. The maximum Gasteiger partial charge on any atom is 0.208 e. The molecule has 0 spiro atoms. The smallest absolute Gasteiger partial charge is 0.208 e. The third kappa shape index (κ3) is 4.82. The van der Waals surface area contributed by atoms with Crippen LogP contribution in [0.5, 0.6) is 0 Å². The van der Waals surface area contributed by atoms with Gasteiger partial charge < -0.3 is 4.90 Å². The minimum atomic E-state index is 0.737. The summed E-state index contributed by atoms with van der Waals surface area (Å²) in [5.74, 6) is 6.19. The Kier molecular flexibility index (Phi) is 6.03. The summed E-state index contributed by atoms with van der Waals surface area (Å²) in [5, 5.41) is 0. The largest absolute Gasteiger partial charge is 0.345 e. The van der Waals surface area contributed by atoms with Crippen LogP contribution in [-0.4, -0.2) is 36.0 Å². The van der Waals surface area contributed by atoms with Crippen molar-refractivity contribution in [3.05, 3.63) is 30.1 Å². The molecule has 5 nitrogen and oxygen atoms in total. The molecule has 3 N–H and O–H groups in total. The molecule has 0 saturated carbocycles. The van der Waals surface area contributed by atoms with Gasteiger partial charge in [0.25, 0.3) is 0 Å². The molecule has 0 aromatic carbocycles. The number of aliphatic imine (C=N–C) groups is 1. The van der Waals surface area contributed by atoms with Gasteiger partial charge in [0.05, 0.1) is 0 Å². The van der Waals surface area contributed by atoms with Crippen LogP contribution in [0.15, 0.2) is 29.5 Å². The van der Waals surface area contributed by atoms with Gasteiger partial charge in [0.1, 0.15) is 0 Å². The summed E-state index contributed by atoms with van der Waals surface area (Å²) in [7, 11) is 1.98. The van der Waals surface area contributed by atoms with E-state index in [-0.39, 0.29) is 0 Å². The molecule has 0 aliphatic carbocycles. The van der Waals surface area contributed by atoms with Gasteiger partial charge in [0.2, 0.25) is 5.96 Å². The van der Waals surface area contributed by atoms with Gasteiger partial charge in [0.15, 0.2) is 0 Å². The van der Waals surface area contributed by atoms with Crippen molar-refractivity contribution in [2.24, 2.45) is 10.8 Å². The average Bonchev–Trinajstić information content (AvgIpc) is 2.38. The fourth-order valence-electron chi connectivity index (χ4n) is 1.45. The Balaban J connectivity index is 2.45. The molecule has 1 rings (SSSR count). The number of hydrogen-bond acceptors (Lipinski definition) is 3. The van der Waals surface area contributed by atoms with E-state index >= 15 is 0 Å². The molecule has 1 aromatic rings. The third-order valence-corrected chi connectivity index (χ3v) is 2.46. The number of likely N-dealkylation sites (N-methyl/N-ethyl adjacent to an activating group) is 1. The highest BCUT2D eigenvalue weighted by Gasteiger charge is 2.04. The Morgan fingerprint density at radius 2 is 2.18 bits per heavy atom. The van der Waals surface area contributed by atoms with Gasteiger partial charge in [-0.15, -0.1) is 0 Å². The van der Waals surface area contributed by atoms with E-state index in [2.05, 4.69) is 22.3 Å². The highest BCUT2D eigenvalue weighted by molar-refractivity contribution is 5.79. The maximum atomic E-state index is 5.45. The van der Waals surface area contributed by atoms with Gasteiger partial charge in [-0.05, 0) is 30.5 Å². The molecule has 0 atom stereocenters. The molecule has 5 heteroatoms. The lowest BCUT2D eigenvalue weighted by atomic mass is 10.2. The van der Waals surface area contributed by atoms with Crippen LogP contribution in [0.3, 0.4) is 0 Å². The Morgan fingerprint density at radius 3 is 2.76 bits per heavy atom. The van der Waals surface area contributed by atoms with Crippen molar-refractivity contribution in [3.8, 4) is 0 Å². The van der Waals surface area contributed by atoms with Crippen molar-refractivity contribution < 1.29 is 0 Å². The number of nitrogens with two attached hydrogens (primary N) is 1. The number of pyridine rings is 1. The van der Waals surface area contributed by atoms with E-state index in [1.165, 1.54) is 5.56 Å². The predicted octanol–water partition coefficient (Wildman–Crippen LogP) is 0.785. The van der Waals surface area contributed by atoms with Crippen molar-refractivity contribution in [1.29, 1.82) is 0 Å². The van der Waals surface area contributed by atoms with Crippen molar-refractivity contribution in [1.82, 2.24) is 15.3 Å². The van der Waals surface area contributed by atoms with Crippen LogP contribution in [0.4, 0.5) is 0 Å². The molecule has 94 valence electrons. The van der Waals surface area contributed by atoms with Gasteiger partial charge in [-0.3, -0.25) is 15.4 Å². The molecule has 1 heterocycles. The summed E-state index contributed by atoms with van der Waals surface area (Å²) < 4.78 is 0. The number of nitrogens with zero attached hydrogens (tertiary/aromatic N) is 3. The van der Waals surface area contributed by atoms with Gasteiger partial charge >= 0.3 is 0 Å². The number of hydrazine groups is 1. The second kappa shape index (κ2) is 7.62. The monoisotopic (exact) mass is 235 g/mol. The molecular formula is C12H21N5. The Hall–Kier alpha value is -1.62. The molecule has 0 radical (unpaired) electrons. The minimum absolute atomic E-state index is 0.737. The molecule has 0 aliphatic heterocycles. The van der Waals surface area contributed by atoms with E-state index in [1.54, 1.807) is 0 Å². The molecular weight excluding hydrogens is 214 g/mol. The highest BCUT2D eigenvalue weighted by atomic mass is 15.4. The van der Waals surface area contributed by atoms with E-state index in [0.29, 0.717) is 0 Å². The van der Waals surface area contributed by atoms with Crippen LogP contribution in [0.1, 0.15) is 18.9 Å².